The SMILES string of the molecule is C=CC(=O)[C@@H]1CCN(O)C[C@@H](c2ncc(C(N)=O)c3[nH]ccc23)C1. The van der Waals surface area contributed by atoms with Gasteiger partial charge in [0.1, 0.15) is 0 Å². The summed E-state index contributed by atoms with van der Waals surface area (Å²) in [5.74, 6) is -0.900. The van der Waals surface area contributed by atoms with Crippen molar-refractivity contribution < 1.29 is 14.8 Å². The fraction of sp³-hybridized carbons (Fsp3) is 0.353. The minimum Gasteiger partial charge on any atom is -0.365 e. The van der Waals surface area contributed by atoms with Crippen LogP contribution in [0.15, 0.2) is 31.1 Å². The van der Waals surface area contributed by atoms with Gasteiger partial charge in [-0.2, -0.15) is 5.06 Å². The Hall–Kier alpha value is -2.51. The third kappa shape index (κ3) is 2.95. The first-order chi connectivity index (χ1) is 11.5. The molecule has 4 N–H and O–H groups in total. The van der Waals surface area contributed by atoms with Crippen LogP contribution in [0.5, 0.6) is 0 Å². The number of hydrogen-bond donors (Lipinski definition) is 3. The Balaban J connectivity index is 2.03. The van der Waals surface area contributed by atoms with Crippen LogP contribution in [0, 0.1) is 5.92 Å². The van der Waals surface area contributed by atoms with E-state index < -0.39 is 5.91 Å². The molecule has 2 aromatic rings. The summed E-state index contributed by atoms with van der Waals surface area (Å²) in [6, 6.07) is 1.83. The molecule has 1 aliphatic heterocycles. The van der Waals surface area contributed by atoms with Crippen molar-refractivity contribution in [2.45, 2.75) is 18.8 Å². The van der Waals surface area contributed by atoms with Gasteiger partial charge in [0.15, 0.2) is 5.78 Å². The smallest absolute Gasteiger partial charge is 0.252 e. The number of fused-ring (bicyclic) bond motifs is 1. The molecule has 1 fully saturated rings. The first kappa shape index (κ1) is 16.4. The number of aromatic amines is 1. The van der Waals surface area contributed by atoms with Gasteiger partial charge in [0.05, 0.1) is 16.8 Å². The van der Waals surface area contributed by atoms with Crippen molar-refractivity contribution in [3.63, 3.8) is 0 Å². The Morgan fingerprint density at radius 3 is 3.00 bits per heavy atom. The second-order valence-electron chi connectivity index (χ2n) is 6.13. The molecule has 0 spiro atoms. The number of pyridine rings is 1. The summed E-state index contributed by atoms with van der Waals surface area (Å²) in [6.45, 7) is 4.36. The fourth-order valence-electron chi connectivity index (χ4n) is 3.40. The van der Waals surface area contributed by atoms with E-state index in [4.69, 9.17) is 5.73 Å². The monoisotopic (exact) mass is 328 g/mol. The molecule has 3 rings (SSSR count). The zero-order valence-corrected chi connectivity index (χ0v) is 13.2. The molecule has 7 nitrogen and oxygen atoms in total. The van der Waals surface area contributed by atoms with E-state index >= 15 is 0 Å². The lowest BCUT2D eigenvalue weighted by atomic mass is 9.87. The third-order valence-corrected chi connectivity index (χ3v) is 4.62. The Bertz CT molecular complexity index is 798. The molecule has 126 valence electrons. The van der Waals surface area contributed by atoms with E-state index in [9.17, 15) is 14.8 Å². The molecule has 7 heteroatoms. The molecule has 0 radical (unpaired) electrons. The number of H-pyrrole nitrogens is 1. The predicted molar refractivity (Wildman–Crippen MR) is 88.6 cm³/mol. The van der Waals surface area contributed by atoms with Crippen LogP contribution < -0.4 is 5.73 Å². The number of amides is 1. The topological polar surface area (TPSA) is 112 Å². The summed E-state index contributed by atoms with van der Waals surface area (Å²) >= 11 is 0. The van der Waals surface area contributed by atoms with Gasteiger partial charge in [0, 0.05) is 42.7 Å². The maximum Gasteiger partial charge on any atom is 0.252 e. The molecule has 0 aliphatic carbocycles. The number of rotatable bonds is 4. The Kier molecular flexibility index (Phi) is 4.46. The van der Waals surface area contributed by atoms with Crippen LogP contribution in [0.3, 0.4) is 0 Å². The highest BCUT2D eigenvalue weighted by atomic mass is 16.5. The number of nitrogens with one attached hydrogen (secondary N) is 1. The number of hydrogen-bond acceptors (Lipinski definition) is 5. The number of ketones is 1. The van der Waals surface area contributed by atoms with Gasteiger partial charge in [-0.1, -0.05) is 6.58 Å². The van der Waals surface area contributed by atoms with Gasteiger partial charge < -0.3 is 15.9 Å². The lowest BCUT2D eigenvalue weighted by Crippen LogP contribution is -2.24. The average Bonchev–Trinajstić information content (AvgIpc) is 2.97. The van der Waals surface area contributed by atoms with E-state index in [1.807, 2.05) is 6.07 Å². The maximum atomic E-state index is 12.1. The summed E-state index contributed by atoms with van der Waals surface area (Å²) in [4.78, 5) is 31.0. The predicted octanol–water partition coefficient (Wildman–Crippen LogP) is 1.60. The van der Waals surface area contributed by atoms with E-state index in [0.717, 1.165) is 11.1 Å². The highest BCUT2D eigenvalue weighted by Gasteiger charge is 2.30. The van der Waals surface area contributed by atoms with Crippen molar-refractivity contribution in [1.29, 1.82) is 0 Å². The summed E-state index contributed by atoms with van der Waals surface area (Å²) in [6.07, 6.45) is 5.67. The molecule has 1 aliphatic rings. The fourth-order valence-corrected chi connectivity index (χ4v) is 3.40. The molecule has 1 saturated heterocycles. The van der Waals surface area contributed by atoms with Crippen molar-refractivity contribution >= 4 is 22.6 Å². The lowest BCUT2D eigenvalue weighted by molar-refractivity contribution is -0.119. The summed E-state index contributed by atoms with van der Waals surface area (Å²) in [7, 11) is 0. The van der Waals surface area contributed by atoms with E-state index in [2.05, 4.69) is 16.5 Å². The van der Waals surface area contributed by atoms with Crippen LogP contribution in [0.1, 0.15) is 34.8 Å². The lowest BCUT2D eigenvalue weighted by Gasteiger charge is -2.20. The van der Waals surface area contributed by atoms with Crippen LogP contribution in [0.4, 0.5) is 0 Å². The van der Waals surface area contributed by atoms with Crippen LogP contribution in [-0.2, 0) is 4.79 Å². The molecule has 24 heavy (non-hydrogen) atoms. The quantitative estimate of drug-likeness (QED) is 0.738. The Morgan fingerprint density at radius 1 is 1.50 bits per heavy atom. The summed E-state index contributed by atoms with van der Waals surface area (Å²) in [5.41, 5.74) is 7.10. The zero-order chi connectivity index (χ0) is 17.3. The van der Waals surface area contributed by atoms with Gasteiger partial charge in [0.2, 0.25) is 0 Å². The number of hydroxylamine groups is 2. The van der Waals surface area contributed by atoms with Crippen molar-refractivity contribution in [2.24, 2.45) is 11.7 Å². The average molecular weight is 328 g/mol. The van der Waals surface area contributed by atoms with Crippen LogP contribution in [0.25, 0.3) is 10.9 Å². The molecule has 0 bridgehead atoms. The van der Waals surface area contributed by atoms with E-state index in [0.29, 0.717) is 37.0 Å². The number of aromatic nitrogens is 2. The van der Waals surface area contributed by atoms with Crippen molar-refractivity contribution in [2.75, 3.05) is 13.1 Å². The minimum absolute atomic E-state index is 0.0191. The number of carbonyl (C=O) groups is 2. The largest absolute Gasteiger partial charge is 0.365 e. The molecule has 2 aromatic heterocycles. The highest BCUT2D eigenvalue weighted by Crippen LogP contribution is 2.33. The molecule has 0 unspecified atom stereocenters. The number of allylic oxidation sites excluding steroid dienone is 1. The van der Waals surface area contributed by atoms with Crippen LogP contribution >= 0.6 is 0 Å². The minimum atomic E-state index is -0.550. The first-order valence-corrected chi connectivity index (χ1v) is 7.87. The summed E-state index contributed by atoms with van der Waals surface area (Å²) < 4.78 is 0. The number of carbonyl (C=O) groups excluding carboxylic acids is 2. The van der Waals surface area contributed by atoms with Crippen molar-refractivity contribution in [1.82, 2.24) is 15.0 Å². The number of primary amides is 1. The normalized spacial score (nSPS) is 22.2. The van der Waals surface area contributed by atoms with Gasteiger partial charge in [-0.15, -0.1) is 0 Å². The maximum absolute atomic E-state index is 12.1. The van der Waals surface area contributed by atoms with Gasteiger partial charge in [0.25, 0.3) is 5.91 Å². The van der Waals surface area contributed by atoms with Gasteiger partial charge in [-0.25, -0.2) is 0 Å². The first-order valence-electron chi connectivity index (χ1n) is 7.87. The highest BCUT2D eigenvalue weighted by molar-refractivity contribution is 6.05. The van der Waals surface area contributed by atoms with E-state index in [-0.39, 0.29) is 17.6 Å². The Morgan fingerprint density at radius 2 is 2.29 bits per heavy atom. The van der Waals surface area contributed by atoms with Crippen molar-refractivity contribution in [3.05, 3.63) is 42.4 Å². The number of nitrogens with two attached hydrogens (primary N) is 1. The molecular weight excluding hydrogens is 308 g/mol. The van der Waals surface area contributed by atoms with Crippen molar-refractivity contribution in [3.8, 4) is 0 Å². The van der Waals surface area contributed by atoms with E-state index in [1.54, 1.807) is 6.20 Å². The summed E-state index contributed by atoms with van der Waals surface area (Å²) in [5, 5.41) is 12.1. The number of nitrogens with zero attached hydrogens (tertiary/aromatic N) is 2. The standard InChI is InChI=1S/C17H20N4O3/c1-2-14(22)10-4-6-21(24)9-11(7-10)15-12-3-5-19-16(12)13(8-20-15)17(18)23/h2-3,5,8,10-11,19,24H,1,4,6-7,9H2,(H2,18,23)/t10-,11+/m1/s1. The second-order valence-corrected chi connectivity index (χ2v) is 6.13. The molecule has 0 aromatic carbocycles. The second kappa shape index (κ2) is 6.54. The van der Waals surface area contributed by atoms with Gasteiger partial charge in [-0.3, -0.25) is 14.6 Å². The van der Waals surface area contributed by atoms with Gasteiger partial charge in [-0.05, 0) is 25.0 Å². The molecule has 3 heterocycles. The van der Waals surface area contributed by atoms with Crippen LogP contribution in [0.2, 0.25) is 0 Å². The molecular formula is C17H20N4O3. The Labute approximate surface area is 139 Å². The molecule has 2 atom stereocenters. The van der Waals surface area contributed by atoms with Gasteiger partial charge >= 0.3 is 0 Å². The van der Waals surface area contributed by atoms with E-state index in [1.165, 1.54) is 17.3 Å². The zero-order valence-electron chi connectivity index (χ0n) is 13.2. The molecule has 1 amide bonds. The molecule has 0 saturated carbocycles. The van der Waals surface area contributed by atoms with Crippen LogP contribution in [-0.4, -0.2) is 45.0 Å². The third-order valence-electron chi connectivity index (χ3n) is 4.62.